The van der Waals surface area contributed by atoms with Crippen molar-refractivity contribution in [3.63, 3.8) is 0 Å². The topological polar surface area (TPSA) is 44.7 Å². The second-order valence-electron chi connectivity index (χ2n) is 6.06. The summed E-state index contributed by atoms with van der Waals surface area (Å²) in [6.07, 6.45) is 3.57. The van der Waals surface area contributed by atoms with Crippen molar-refractivity contribution in [3.05, 3.63) is 64.7 Å². The molecule has 0 bridgehead atoms. The van der Waals surface area contributed by atoms with Gasteiger partial charge >= 0.3 is 0 Å². The van der Waals surface area contributed by atoms with E-state index in [1.165, 1.54) is 36.5 Å². The highest BCUT2D eigenvalue weighted by Crippen LogP contribution is 2.26. The Morgan fingerprint density at radius 2 is 1.84 bits per heavy atom. The number of rotatable bonds is 4. The molecule has 0 unspecified atom stereocenters. The third kappa shape index (κ3) is 4.02. The first-order valence-electron chi connectivity index (χ1n) is 8.18. The van der Waals surface area contributed by atoms with Gasteiger partial charge in [0.2, 0.25) is 0 Å². The number of amides is 1. The molecule has 130 valence electrons. The van der Waals surface area contributed by atoms with E-state index in [9.17, 15) is 13.6 Å². The molecule has 4 nitrogen and oxygen atoms in total. The van der Waals surface area contributed by atoms with Crippen LogP contribution in [-0.2, 0) is 0 Å². The molecule has 1 N–H and O–H groups in total. The molecule has 0 atom stereocenters. The smallest absolute Gasteiger partial charge is 0.271 e. The summed E-state index contributed by atoms with van der Waals surface area (Å²) in [6, 6.07) is 8.39. The Morgan fingerprint density at radius 3 is 2.52 bits per heavy atom. The second kappa shape index (κ2) is 7.42. The fourth-order valence-electron chi connectivity index (χ4n) is 2.85. The van der Waals surface area contributed by atoms with Gasteiger partial charge in [0, 0.05) is 24.2 Å². The highest BCUT2D eigenvalue weighted by atomic mass is 19.1. The SMILES string of the molecule is Cc1cc(N2CCCC2)c(F)cc1C=NNC(=O)c1ccc(F)cc1. The maximum Gasteiger partial charge on any atom is 0.271 e. The molecule has 0 saturated carbocycles. The largest absolute Gasteiger partial charge is 0.369 e. The molecular formula is C19H19F2N3O. The summed E-state index contributed by atoms with van der Waals surface area (Å²) in [5.74, 6) is -1.16. The van der Waals surface area contributed by atoms with Crippen LogP contribution in [0.1, 0.15) is 34.3 Å². The van der Waals surface area contributed by atoms with Gasteiger partial charge in [-0.3, -0.25) is 4.79 Å². The van der Waals surface area contributed by atoms with E-state index in [0.717, 1.165) is 31.5 Å². The van der Waals surface area contributed by atoms with Crippen LogP contribution < -0.4 is 10.3 Å². The number of anilines is 1. The van der Waals surface area contributed by atoms with E-state index in [4.69, 9.17) is 0 Å². The van der Waals surface area contributed by atoms with Gasteiger partial charge in [0.05, 0.1) is 11.9 Å². The van der Waals surface area contributed by atoms with Crippen molar-refractivity contribution in [3.8, 4) is 0 Å². The Morgan fingerprint density at radius 1 is 1.16 bits per heavy atom. The lowest BCUT2D eigenvalue weighted by atomic mass is 10.1. The standard InChI is InChI=1S/C19H19F2N3O/c1-13-10-18(24-8-2-3-9-24)17(21)11-15(13)12-22-23-19(25)14-4-6-16(20)7-5-14/h4-7,10-12H,2-3,8-9H2,1H3,(H,23,25). The summed E-state index contributed by atoms with van der Waals surface area (Å²) in [7, 11) is 0. The van der Waals surface area contributed by atoms with Gasteiger partial charge in [-0.2, -0.15) is 5.10 Å². The van der Waals surface area contributed by atoms with Gasteiger partial charge in [0.25, 0.3) is 5.91 Å². The predicted octanol–water partition coefficient (Wildman–Crippen LogP) is 3.64. The van der Waals surface area contributed by atoms with E-state index in [1.54, 1.807) is 0 Å². The van der Waals surface area contributed by atoms with Crippen LogP contribution in [0.15, 0.2) is 41.5 Å². The van der Waals surface area contributed by atoms with E-state index < -0.39 is 11.7 Å². The van der Waals surface area contributed by atoms with Crippen LogP contribution >= 0.6 is 0 Å². The molecular weight excluding hydrogens is 324 g/mol. The summed E-state index contributed by atoms with van der Waals surface area (Å²) in [6.45, 7) is 3.62. The van der Waals surface area contributed by atoms with Gasteiger partial charge in [-0.05, 0) is 61.7 Å². The van der Waals surface area contributed by atoms with Crippen molar-refractivity contribution in [1.29, 1.82) is 0 Å². The Balaban J connectivity index is 1.69. The minimum absolute atomic E-state index is 0.293. The molecule has 1 aliphatic rings. The third-order valence-corrected chi connectivity index (χ3v) is 4.26. The first-order valence-corrected chi connectivity index (χ1v) is 8.18. The maximum atomic E-state index is 14.3. The first-order chi connectivity index (χ1) is 12.0. The lowest BCUT2D eigenvalue weighted by molar-refractivity contribution is 0.0955. The molecule has 1 aliphatic heterocycles. The molecule has 0 spiro atoms. The summed E-state index contributed by atoms with van der Waals surface area (Å²) in [5.41, 5.74) is 4.74. The zero-order chi connectivity index (χ0) is 17.8. The van der Waals surface area contributed by atoms with E-state index in [-0.39, 0.29) is 5.82 Å². The molecule has 1 heterocycles. The van der Waals surface area contributed by atoms with Crippen LogP contribution in [0.2, 0.25) is 0 Å². The number of aryl methyl sites for hydroxylation is 1. The predicted molar refractivity (Wildman–Crippen MR) is 94.0 cm³/mol. The van der Waals surface area contributed by atoms with Crippen LogP contribution in [0.25, 0.3) is 0 Å². The lowest BCUT2D eigenvalue weighted by Gasteiger charge is -2.19. The molecule has 2 aromatic rings. The fraction of sp³-hybridized carbons (Fsp3) is 0.263. The second-order valence-corrected chi connectivity index (χ2v) is 6.06. The lowest BCUT2D eigenvalue weighted by Crippen LogP contribution is -2.19. The number of hydrazone groups is 1. The van der Waals surface area contributed by atoms with Crippen molar-refractivity contribution in [2.24, 2.45) is 5.10 Å². The molecule has 6 heteroatoms. The van der Waals surface area contributed by atoms with Gasteiger partial charge in [-0.25, -0.2) is 14.2 Å². The van der Waals surface area contributed by atoms with E-state index in [1.807, 2.05) is 17.9 Å². The number of nitrogens with zero attached hydrogens (tertiary/aromatic N) is 2. The number of hydrogen-bond donors (Lipinski definition) is 1. The quantitative estimate of drug-likeness (QED) is 0.680. The number of nitrogens with one attached hydrogen (secondary N) is 1. The van der Waals surface area contributed by atoms with Gasteiger partial charge < -0.3 is 4.90 Å². The highest BCUT2D eigenvalue weighted by Gasteiger charge is 2.17. The molecule has 1 fully saturated rings. The number of carbonyl (C=O) groups is 1. The summed E-state index contributed by atoms with van der Waals surface area (Å²) < 4.78 is 27.2. The molecule has 25 heavy (non-hydrogen) atoms. The normalized spacial score (nSPS) is 14.3. The molecule has 3 rings (SSSR count). The Labute approximate surface area is 145 Å². The molecule has 0 radical (unpaired) electrons. The van der Waals surface area contributed by atoms with Crippen molar-refractivity contribution in [2.45, 2.75) is 19.8 Å². The average Bonchev–Trinajstić information content (AvgIpc) is 3.12. The van der Waals surface area contributed by atoms with Gasteiger partial charge in [0.15, 0.2) is 0 Å². The zero-order valence-corrected chi connectivity index (χ0v) is 13.9. The molecule has 0 aromatic heterocycles. The summed E-state index contributed by atoms with van der Waals surface area (Å²) >= 11 is 0. The minimum atomic E-state index is -0.455. The molecule has 2 aromatic carbocycles. The van der Waals surface area contributed by atoms with Gasteiger partial charge in [0.1, 0.15) is 11.6 Å². The van der Waals surface area contributed by atoms with Crippen molar-refractivity contribution in [1.82, 2.24) is 5.43 Å². The van der Waals surface area contributed by atoms with E-state index in [2.05, 4.69) is 10.5 Å². The van der Waals surface area contributed by atoms with E-state index >= 15 is 0 Å². The monoisotopic (exact) mass is 343 g/mol. The molecule has 1 amide bonds. The summed E-state index contributed by atoms with van der Waals surface area (Å²) in [5, 5.41) is 3.87. The Bertz CT molecular complexity index is 797. The van der Waals surface area contributed by atoms with Crippen molar-refractivity contribution >= 4 is 17.8 Å². The van der Waals surface area contributed by atoms with Crippen LogP contribution in [0, 0.1) is 18.6 Å². The van der Waals surface area contributed by atoms with Crippen LogP contribution in [-0.4, -0.2) is 25.2 Å². The Kier molecular flexibility index (Phi) is 5.07. The van der Waals surface area contributed by atoms with Crippen LogP contribution in [0.5, 0.6) is 0 Å². The van der Waals surface area contributed by atoms with Crippen molar-refractivity contribution < 1.29 is 13.6 Å². The molecule has 1 saturated heterocycles. The van der Waals surface area contributed by atoms with E-state index in [0.29, 0.717) is 16.8 Å². The average molecular weight is 343 g/mol. The number of benzene rings is 2. The fourth-order valence-corrected chi connectivity index (χ4v) is 2.85. The maximum absolute atomic E-state index is 14.3. The van der Waals surface area contributed by atoms with Crippen LogP contribution in [0.3, 0.4) is 0 Å². The van der Waals surface area contributed by atoms with Gasteiger partial charge in [-0.15, -0.1) is 0 Å². The molecule has 0 aliphatic carbocycles. The number of carbonyl (C=O) groups excluding carboxylic acids is 1. The van der Waals surface area contributed by atoms with Gasteiger partial charge in [-0.1, -0.05) is 0 Å². The van der Waals surface area contributed by atoms with Crippen LogP contribution in [0.4, 0.5) is 14.5 Å². The zero-order valence-electron chi connectivity index (χ0n) is 13.9. The number of hydrogen-bond acceptors (Lipinski definition) is 3. The first kappa shape index (κ1) is 17.1. The highest BCUT2D eigenvalue weighted by molar-refractivity contribution is 5.95. The summed E-state index contributed by atoms with van der Waals surface area (Å²) in [4.78, 5) is 13.9. The third-order valence-electron chi connectivity index (χ3n) is 4.26. The minimum Gasteiger partial charge on any atom is -0.369 e. The van der Waals surface area contributed by atoms with Crippen molar-refractivity contribution in [2.75, 3.05) is 18.0 Å². The Hall–Kier alpha value is -2.76. The number of halogens is 2.